The minimum absolute atomic E-state index is 0.0447. The minimum atomic E-state index is -4.86. The summed E-state index contributed by atoms with van der Waals surface area (Å²) in [6, 6.07) is 8.20. The number of halogens is 6. The van der Waals surface area contributed by atoms with E-state index in [4.69, 9.17) is 0 Å². The van der Waals surface area contributed by atoms with E-state index in [9.17, 15) is 31.1 Å². The molecule has 0 saturated heterocycles. The summed E-state index contributed by atoms with van der Waals surface area (Å²) in [4.78, 5) is 12.6. The molecule has 0 spiro atoms. The second-order valence-corrected chi connectivity index (χ2v) is 7.09. The molecular formula is C20H15F6N3O. The average Bonchev–Trinajstić information content (AvgIpc) is 3.07. The number of nitrogens with one attached hydrogen (secondary N) is 1. The lowest BCUT2D eigenvalue weighted by Crippen LogP contribution is -2.44. The van der Waals surface area contributed by atoms with Crippen LogP contribution in [0.25, 0.3) is 0 Å². The third-order valence-electron chi connectivity index (χ3n) is 5.14. The van der Waals surface area contributed by atoms with Gasteiger partial charge in [0.25, 0.3) is 0 Å². The maximum atomic E-state index is 13.5. The van der Waals surface area contributed by atoms with Crippen molar-refractivity contribution in [2.45, 2.75) is 37.3 Å². The molecule has 2 aromatic carbocycles. The molecule has 2 heterocycles. The molecule has 0 aliphatic carbocycles. The molecule has 158 valence electrons. The molecule has 2 aliphatic rings. The Bertz CT molecular complexity index is 1000. The molecule has 2 unspecified atom stereocenters. The monoisotopic (exact) mass is 427 g/mol. The first kappa shape index (κ1) is 20.2. The molecule has 4 rings (SSSR count). The number of nitrogens with zero attached hydrogens (tertiary/aromatic N) is 2. The SMILES string of the molecule is O=C1CC(c2ccccc2)=NN1C1CC(C(F)(F)F)Nc2c1cccc2C(F)(F)F. The summed E-state index contributed by atoms with van der Waals surface area (Å²) in [5, 5.41) is 7.08. The number of fused-ring (bicyclic) bond motifs is 1. The summed E-state index contributed by atoms with van der Waals surface area (Å²) in [6.07, 6.45) is -10.4. The van der Waals surface area contributed by atoms with Gasteiger partial charge in [-0.3, -0.25) is 4.79 Å². The normalized spacial score (nSPS) is 21.9. The Hall–Kier alpha value is -3.04. The molecule has 0 bridgehead atoms. The summed E-state index contributed by atoms with van der Waals surface area (Å²) in [7, 11) is 0. The standard InChI is InChI=1S/C20H15F6N3O/c21-19(22,23)13-8-4-7-12-15(10-16(20(24,25)26)27-18(12)13)29-17(30)9-14(28-29)11-5-2-1-3-6-11/h1-8,15-16,27H,9-10H2. The quantitative estimate of drug-likeness (QED) is 0.676. The van der Waals surface area contributed by atoms with Crippen molar-refractivity contribution in [2.24, 2.45) is 5.10 Å². The van der Waals surface area contributed by atoms with Gasteiger partial charge in [0.2, 0.25) is 5.91 Å². The van der Waals surface area contributed by atoms with E-state index >= 15 is 0 Å². The highest BCUT2D eigenvalue weighted by Crippen LogP contribution is 2.47. The molecule has 2 aromatic rings. The van der Waals surface area contributed by atoms with E-state index in [1.807, 2.05) is 5.32 Å². The molecule has 0 fully saturated rings. The van der Waals surface area contributed by atoms with Crippen molar-refractivity contribution in [1.29, 1.82) is 0 Å². The average molecular weight is 427 g/mol. The molecule has 2 aliphatic heterocycles. The van der Waals surface area contributed by atoms with Crippen LogP contribution in [0.1, 0.15) is 35.6 Å². The fraction of sp³-hybridized carbons (Fsp3) is 0.300. The smallest absolute Gasteiger partial charge is 0.373 e. The summed E-state index contributed by atoms with van der Waals surface area (Å²) >= 11 is 0. The Kier molecular flexibility index (Phi) is 4.74. The number of hydrogen-bond donors (Lipinski definition) is 1. The predicted octanol–water partition coefficient (Wildman–Crippen LogP) is 5.13. The number of anilines is 1. The van der Waals surface area contributed by atoms with Gasteiger partial charge in [0, 0.05) is 12.0 Å². The minimum Gasteiger partial charge on any atom is -0.373 e. The van der Waals surface area contributed by atoms with Crippen LogP contribution in [0.3, 0.4) is 0 Å². The van der Waals surface area contributed by atoms with E-state index in [2.05, 4.69) is 5.10 Å². The van der Waals surface area contributed by atoms with Gasteiger partial charge in [-0.2, -0.15) is 31.4 Å². The maximum absolute atomic E-state index is 13.5. The first-order valence-electron chi connectivity index (χ1n) is 9.04. The summed E-state index contributed by atoms with van der Waals surface area (Å²) in [5.74, 6) is -0.565. The third-order valence-corrected chi connectivity index (χ3v) is 5.14. The van der Waals surface area contributed by atoms with Crippen LogP contribution in [0.15, 0.2) is 53.6 Å². The number of carbonyl (C=O) groups excluding carboxylic acids is 1. The van der Waals surface area contributed by atoms with Gasteiger partial charge in [0.05, 0.1) is 29.4 Å². The second-order valence-electron chi connectivity index (χ2n) is 7.09. The lowest BCUT2D eigenvalue weighted by atomic mass is 9.89. The van der Waals surface area contributed by atoms with Crippen LogP contribution < -0.4 is 5.32 Å². The van der Waals surface area contributed by atoms with Crippen LogP contribution in [0.2, 0.25) is 0 Å². The number of benzene rings is 2. The van der Waals surface area contributed by atoms with Crippen LogP contribution in [0.4, 0.5) is 32.0 Å². The highest BCUT2D eigenvalue weighted by Gasteiger charge is 2.49. The zero-order valence-corrected chi connectivity index (χ0v) is 15.3. The Labute approximate surface area is 167 Å². The topological polar surface area (TPSA) is 44.7 Å². The fourth-order valence-corrected chi connectivity index (χ4v) is 3.75. The Morgan fingerprint density at radius 3 is 2.30 bits per heavy atom. The molecule has 2 atom stereocenters. The van der Waals surface area contributed by atoms with Gasteiger partial charge in [-0.25, -0.2) is 5.01 Å². The molecule has 0 aromatic heterocycles. The Morgan fingerprint density at radius 2 is 1.67 bits per heavy atom. The zero-order valence-electron chi connectivity index (χ0n) is 15.3. The largest absolute Gasteiger partial charge is 0.418 e. The van der Waals surface area contributed by atoms with E-state index in [-0.39, 0.29) is 12.0 Å². The van der Waals surface area contributed by atoms with Crippen molar-refractivity contribution >= 4 is 17.3 Å². The van der Waals surface area contributed by atoms with Crippen LogP contribution in [0.5, 0.6) is 0 Å². The van der Waals surface area contributed by atoms with E-state index < -0.39 is 48.0 Å². The van der Waals surface area contributed by atoms with E-state index in [1.54, 1.807) is 30.3 Å². The van der Waals surface area contributed by atoms with Crippen molar-refractivity contribution in [3.63, 3.8) is 0 Å². The number of hydrazone groups is 1. The molecule has 10 heteroatoms. The van der Waals surface area contributed by atoms with Crippen LogP contribution in [0, 0.1) is 0 Å². The predicted molar refractivity (Wildman–Crippen MR) is 96.7 cm³/mol. The van der Waals surface area contributed by atoms with E-state index in [1.165, 1.54) is 6.07 Å². The fourth-order valence-electron chi connectivity index (χ4n) is 3.75. The van der Waals surface area contributed by atoms with E-state index in [0.29, 0.717) is 17.3 Å². The number of alkyl halides is 6. The summed E-state index contributed by atoms with van der Waals surface area (Å²) in [5.41, 5.74) is -0.940. The van der Waals surface area contributed by atoms with Crippen LogP contribution in [-0.4, -0.2) is 28.8 Å². The maximum Gasteiger partial charge on any atom is 0.418 e. The van der Waals surface area contributed by atoms with Crippen LogP contribution >= 0.6 is 0 Å². The van der Waals surface area contributed by atoms with Gasteiger partial charge < -0.3 is 5.32 Å². The summed E-state index contributed by atoms with van der Waals surface area (Å²) in [6.45, 7) is 0. The van der Waals surface area contributed by atoms with Crippen LogP contribution in [-0.2, 0) is 11.0 Å². The first-order valence-corrected chi connectivity index (χ1v) is 9.04. The van der Waals surface area contributed by atoms with Gasteiger partial charge in [-0.1, -0.05) is 42.5 Å². The van der Waals surface area contributed by atoms with Crippen molar-refractivity contribution in [2.75, 3.05) is 5.32 Å². The van der Waals surface area contributed by atoms with Gasteiger partial charge in [0.1, 0.15) is 6.04 Å². The number of rotatable bonds is 2. The molecule has 0 radical (unpaired) electrons. The number of para-hydroxylation sites is 1. The lowest BCUT2D eigenvalue weighted by Gasteiger charge is -2.38. The molecule has 1 N–H and O–H groups in total. The van der Waals surface area contributed by atoms with Gasteiger partial charge >= 0.3 is 12.4 Å². The molecule has 30 heavy (non-hydrogen) atoms. The number of hydrogen-bond acceptors (Lipinski definition) is 3. The molecular weight excluding hydrogens is 412 g/mol. The second kappa shape index (κ2) is 7.03. The number of carbonyl (C=O) groups is 1. The van der Waals surface area contributed by atoms with Crippen molar-refractivity contribution in [1.82, 2.24) is 5.01 Å². The third kappa shape index (κ3) is 3.61. The zero-order chi connectivity index (χ0) is 21.7. The Balaban J connectivity index is 1.80. The van der Waals surface area contributed by atoms with Crippen molar-refractivity contribution in [3.05, 3.63) is 65.2 Å². The molecule has 0 saturated carbocycles. The van der Waals surface area contributed by atoms with E-state index in [0.717, 1.165) is 11.1 Å². The summed E-state index contributed by atoms with van der Waals surface area (Å²) < 4.78 is 80.7. The Morgan fingerprint density at radius 1 is 0.967 bits per heavy atom. The lowest BCUT2D eigenvalue weighted by molar-refractivity contribution is -0.152. The van der Waals surface area contributed by atoms with Gasteiger partial charge in [0.15, 0.2) is 0 Å². The van der Waals surface area contributed by atoms with Crippen molar-refractivity contribution in [3.8, 4) is 0 Å². The molecule has 1 amide bonds. The van der Waals surface area contributed by atoms with Gasteiger partial charge in [-0.15, -0.1) is 0 Å². The highest BCUT2D eigenvalue weighted by molar-refractivity contribution is 6.13. The molecule has 4 nitrogen and oxygen atoms in total. The van der Waals surface area contributed by atoms with Crippen molar-refractivity contribution < 1.29 is 31.1 Å². The highest BCUT2D eigenvalue weighted by atomic mass is 19.4. The first-order chi connectivity index (χ1) is 14.1. The van der Waals surface area contributed by atoms with Gasteiger partial charge in [-0.05, 0) is 11.6 Å². The number of amides is 1.